The van der Waals surface area contributed by atoms with E-state index in [0.717, 1.165) is 11.6 Å². The van der Waals surface area contributed by atoms with Crippen molar-refractivity contribution in [1.82, 2.24) is 18.7 Å². The van der Waals surface area contributed by atoms with E-state index >= 15 is 0 Å². The molecule has 0 fully saturated rings. The molecule has 0 unspecified atom stereocenters. The van der Waals surface area contributed by atoms with Crippen LogP contribution in [0.1, 0.15) is 31.0 Å². The zero-order chi connectivity index (χ0) is 22.1. The van der Waals surface area contributed by atoms with Gasteiger partial charge in [0.15, 0.2) is 0 Å². The Morgan fingerprint density at radius 1 is 1.33 bits per heavy atom. The van der Waals surface area contributed by atoms with E-state index in [2.05, 4.69) is 5.10 Å². The van der Waals surface area contributed by atoms with Crippen LogP contribution in [0, 0.1) is 12.7 Å². The summed E-state index contributed by atoms with van der Waals surface area (Å²) in [7, 11) is -2.92. The molecule has 0 saturated carbocycles. The van der Waals surface area contributed by atoms with Gasteiger partial charge in [0.05, 0.1) is 11.2 Å². The maximum atomic E-state index is 13.5. The van der Waals surface area contributed by atoms with Crippen LogP contribution in [0.5, 0.6) is 0 Å². The predicted octanol–water partition coefficient (Wildman–Crippen LogP) is 3.26. The summed E-state index contributed by atoms with van der Waals surface area (Å²) >= 11 is 0. The zero-order valence-corrected chi connectivity index (χ0v) is 17.7. The Labute approximate surface area is 174 Å². The minimum absolute atomic E-state index is 0.106. The van der Waals surface area contributed by atoms with Gasteiger partial charge in [0, 0.05) is 36.8 Å². The van der Waals surface area contributed by atoms with Gasteiger partial charge in [-0.25, -0.2) is 8.70 Å². The number of carbonyl (C=O) groups excluding carboxylic acids is 1. The van der Waals surface area contributed by atoms with Crippen molar-refractivity contribution in [3.05, 3.63) is 53.6 Å². The molecule has 0 spiro atoms. The first-order valence-electron chi connectivity index (χ1n) is 9.41. The van der Waals surface area contributed by atoms with E-state index in [9.17, 15) is 22.2 Å². The van der Waals surface area contributed by atoms with Crippen molar-refractivity contribution in [1.29, 1.82) is 0 Å². The van der Waals surface area contributed by atoms with Gasteiger partial charge in [-0.3, -0.25) is 14.0 Å². The summed E-state index contributed by atoms with van der Waals surface area (Å²) in [6, 6.07) is 6.20. The lowest BCUT2D eigenvalue weighted by molar-refractivity contribution is -0.121. The summed E-state index contributed by atoms with van der Waals surface area (Å²) in [6.07, 6.45) is 5.44. The van der Waals surface area contributed by atoms with Crippen LogP contribution in [0.15, 0.2) is 36.5 Å². The summed E-state index contributed by atoms with van der Waals surface area (Å²) in [4.78, 5) is 12.5. The van der Waals surface area contributed by atoms with E-state index in [1.807, 2.05) is 11.5 Å². The van der Waals surface area contributed by atoms with Gasteiger partial charge in [-0.15, -0.1) is 0 Å². The Balaban J connectivity index is 2.02. The Morgan fingerprint density at radius 2 is 2.07 bits per heavy atom. The highest BCUT2D eigenvalue weighted by Gasteiger charge is 2.23. The second-order valence-electron chi connectivity index (χ2n) is 6.91. The lowest BCUT2D eigenvalue weighted by atomic mass is 10.2. The molecule has 30 heavy (non-hydrogen) atoms. The van der Waals surface area contributed by atoms with Crippen molar-refractivity contribution in [3.8, 4) is 5.82 Å². The fourth-order valence-corrected chi connectivity index (χ4v) is 3.97. The minimum Gasteiger partial charge on any atom is -0.301 e. The number of unbranched alkanes of at least 4 members (excludes halogenated alkanes) is 1. The number of hydrogen-bond acceptors (Lipinski definition) is 4. The molecule has 0 bridgehead atoms. The van der Waals surface area contributed by atoms with Crippen LogP contribution >= 0.6 is 0 Å². The lowest BCUT2D eigenvalue weighted by Gasteiger charge is -2.16. The smallest absolute Gasteiger partial charge is 0.301 e. The molecule has 2 heterocycles. The van der Waals surface area contributed by atoms with Crippen LogP contribution in [-0.4, -0.2) is 44.1 Å². The number of benzene rings is 1. The van der Waals surface area contributed by atoms with Crippen LogP contribution in [0.4, 0.5) is 4.39 Å². The number of nitrogens with zero attached hydrogens (tertiary/aromatic N) is 4. The van der Waals surface area contributed by atoms with E-state index < -0.39 is 16.2 Å². The quantitative estimate of drug-likeness (QED) is 0.455. The third kappa shape index (κ3) is 4.29. The molecule has 8 nitrogen and oxygen atoms in total. The molecule has 0 aliphatic rings. The van der Waals surface area contributed by atoms with Gasteiger partial charge < -0.3 is 4.57 Å². The van der Waals surface area contributed by atoms with Gasteiger partial charge in [0.2, 0.25) is 0 Å². The SMILES string of the molecule is CCCCN(C(=O)/C=C/c1c(C)nn(C)c1-n1ccc2cc(F)ccc21)S(=O)(=O)O. The highest BCUT2D eigenvalue weighted by Crippen LogP contribution is 2.26. The van der Waals surface area contributed by atoms with Gasteiger partial charge in [-0.1, -0.05) is 13.3 Å². The van der Waals surface area contributed by atoms with Gasteiger partial charge >= 0.3 is 10.3 Å². The molecule has 0 saturated heterocycles. The second kappa shape index (κ2) is 8.41. The van der Waals surface area contributed by atoms with Crippen LogP contribution in [-0.2, 0) is 22.1 Å². The summed E-state index contributed by atoms with van der Waals surface area (Å²) in [5.74, 6) is -0.561. The Bertz CT molecular complexity index is 1230. The second-order valence-corrected chi connectivity index (χ2v) is 8.25. The third-order valence-electron chi connectivity index (χ3n) is 4.75. The van der Waals surface area contributed by atoms with Crippen molar-refractivity contribution in [3.63, 3.8) is 0 Å². The number of fused-ring (bicyclic) bond motifs is 1. The summed E-state index contributed by atoms with van der Waals surface area (Å²) in [6.45, 7) is 3.50. The molecule has 1 N–H and O–H groups in total. The average molecular weight is 434 g/mol. The van der Waals surface area contributed by atoms with E-state index in [1.165, 1.54) is 18.2 Å². The normalized spacial score (nSPS) is 12.2. The molecule has 160 valence electrons. The van der Waals surface area contributed by atoms with Gasteiger partial charge in [-0.05, 0) is 43.7 Å². The van der Waals surface area contributed by atoms with Crippen molar-refractivity contribution >= 4 is 33.2 Å². The standard InChI is InChI=1S/C20H23FN4O4S/c1-4-5-11-25(30(27,28)29)19(26)9-7-17-14(2)22-23(3)20(17)24-12-10-15-13-16(21)6-8-18(15)24/h6-10,12-13H,4-5,11H2,1-3H3,(H,27,28,29)/b9-7+. The molecule has 0 radical (unpaired) electrons. The number of aromatic nitrogens is 3. The van der Waals surface area contributed by atoms with Crippen LogP contribution in [0.2, 0.25) is 0 Å². The number of halogens is 1. The molecule has 0 atom stereocenters. The van der Waals surface area contributed by atoms with Crippen molar-refractivity contribution in [2.24, 2.45) is 7.05 Å². The van der Waals surface area contributed by atoms with Crippen LogP contribution in [0.25, 0.3) is 22.8 Å². The highest BCUT2D eigenvalue weighted by molar-refractivity contribution is 7.84. The van der Waals surface area contributed by atoms with E-state index in [4.69, 9.17) is 0 Å². The van der Waals surface area contributed by atoms with Gasteiger partial charge in [0.1, 0.15) is 11.6 Å². The van der Waals surface area contributed by atoms with Gasteiger partial charge in [-0.2, -0.15) is 13.5 Å². The highest BCUT2D eigenvalue weighted by atomic mass is 32.2. The number of aryl methyl sites for hydroxylation is 2. The van der Waals surface area contributed by atoms with Crippen molar-refractivity contribution in [2.45, 2.75) is 26.7 Å². The average Bonchev–Trinajstić information content (AvgIpc) is 3.18. The lowest BCUT2D eigenvalue weighted by Crippen LogP contribution is -2.36. The van der Waals surface area contributed by atoms with Crippen LogP contribution in [0.3, 0.4) is 0 Å². The van der Waals surface area contributed by atoms with Gasteiger partial charge in [0.25, 0.3) is 5.91 Å². The third-order valence-corrected chi connectivity index (χ3v) is 5.67. The fraction of sp³-hybridized carbons (Fsp3) is 0.300. The molecule has 1 aromatic carbocycles. The largest absolute Gasteiger partial charge is 0.362 e. The molecule has 1 amide bonds. The molecular weight excluding hydrogens is 411 g/mol. The molecular formula is C20H23FN4O4S. The monoisotopic (exact) mass is 434 g/mol. The maximum Gasteiger partial charge on any atom is 0.362 e. The van der Waals surface area contributed by atoms with E-state index in [0.29, 0.717) is 39.6 Å². The maximum absolute atomic E-state index is 13.5. The Hall–Kier alpha value is -2.98. The number of hydrogen-bond donors (Lipinski definition) is 1. The minimum atomic E-state index is -4.66. The Kier molecular flexibility index (Phi) is 6.09. The fourth-order valence-electron chi connectivity index (χ4n) is 3.32. The van der Waals surface area contributed by atoms with Crippen LogP contribution < -0.4 is 0 Å². The molecule has 0 aliphatic heterocycles. The first-order chi connectivity index (χ1) is 14.1. The Morgan fingerprint density at radius 3 is 2.73 bits per heavy atom. The first kappa shape index (κ1) is 21.7. The zero-order valence-electron chi connectivity index (χ0n) is 16.9. The summed E-state index contributed by atoms with van der Waals surface area (Å²) in [5.41, 5.74) is 1.97. The molecule has 3 rings (SSSR count). The number of amides is 1. The number of rotatable bonds is 7. The first-order valence-corrected chi connectivity index (χ1v) is 10.8. The topological polar surface area (TPSA) is 97.4 Å². The van der Waals surface area contributed by atoms with E-state index in [-0.39, 0.29) is 12.4 Å². The van der Waals surface area contributed by atoms with Crippen molar-refractivity contribution < 1.29 is 22.2 Å². The predicted molar refractivity (Wildman–Crippen MR) is 112 cm³/mol. The molecule has 3 aromatic rings. The summed E-state index contributed by atoms with van der Waals surface area (Å²) in [5, 5.41) is 5.10. The number of carbonyl (C=O) groups is 1. The summed E-state index contributed by atoms with van der Waals surface area (Å²) < 4.78 is 49.9. The molecule has 10 heteroatoms. The van der Waals surface area contributed by atoms with E-state index in [1.54, 1.807) is 37.0 Å². The molecule has 2 aromatic heterocycles. The molecule has 0 aliphatic carbocycles. The van der Waals surface area contributed by atoms with Crippen molar-refractivity contribution in [2.75, 3.05) is 6.54 Å².